The normalized spacial score (nSPS) is 12.7. The van der Waals surface area contributed by atoms with Crippen molar-refractivity contribution in [3.8, 4) is 5.75 Å². The first kappa shape index (κ1) is 25.9. The van der Waals surface area contributed by atoms with Crippen LogP contribution in [0.25, 0.3) is 0 Å². The standard InChI is InChI=1S/C28H33N3O4/c1-35-23-16-14-20(15-17-23)25(19-32)31(24(27(30)33)13-8-18-29)28(34)26(21-9-4-2-5-10-21)22-11-6-3-7-12-22/h2-7,9-12,14-17,24-26,32H,8,13,18-19,29H2,1H3,(H2,30,33)/t24-,25-/m1/s1. The van der Waals surface area contributed by atoms with Crippen molar-refractivity contribution in [2.45, 2.75) is 30.8 Å². The highest BCUT2D eigenvalue weighted by Gasteiger charge is 2.38. The summed E-state index contributed by atoms with van der Waals surface area (Å²) in [5.41, 5.74) is 13.8. The second-order valence-electron chi connectivity index (χ2n) is 8.32. The van der Waals surface area contributed by atoms with Gasteiger partial charge in [0.2, 0.25) is 11.8 Å². The van der Waals surface area contributed by atoms with Crippen molar-refractivity contribution in [1.82, 2.24) is 4.90 Å². The molecule has 0 aliphatic heterocycles. The number of benzene rings is 3. The van der Waals surface area contributed by atoms with Gasteiger partial charge >= 0.3 is 0 Å². The van der Waals surface area contributed by atoms with Crippen LogP contribution in [0.4, 0.5) is 0 Å². The molecule has 0 saturated heterocycles. The summed E-state index contributed by atoms with van der Waals surface area (Å²) in [6.45, 7) is -0.0420. The Kier molecular flexibility index (Phi) is 9.40. The molecule has 0 bridgehead atoms. The molecule has 0 aliphatic rings. The lowest BCUT2D eigenvalue weighted by Gasteiger charge is -2.39. The van der Waals surface area contributed by atoms with Gasteiger partial charge in [0, 0.05) is 0 Å². The number of aliphatic hydroxyl groups is 1. The van der Waals surface area contributed by atoms with Gasteiger partial charge in [0.25, 0.3) is 0 Å². The molecule has 35 heavy (non-hydrogen) atoms. The third-order valence-electron chi connectivity index (χ3n) is 6.12. The minimum atomic E-state index is -0.944. The number of aliphatic hydroxyl groups excluding tert-OH is 1. The smallest absolute Gasteiger partial charge is 0.240 e. The highest BCUT2D eigenvalue weighted by atomic mass is 16.5. The summed E-state index contributed by atoms with van der Waals surface area (Å²) < 4.78 is 5.25. The molecule has 3 aromatic rings. The maximum absolute atomic E-state index is 14.4. The van der Waals surface area contributed by atoms with Crippen LogP contribution in [0.2, 0.25) is 0 Å². The van der Waals surface area contributed by atoms with Gasteiger partial charge in [0.15, 0.2) is 0 Å². The lowest BCUT2D eigenvalue weighted by molar-refractivity contribution is -0.144. The van der Waals surface area contributed by atoms with Crippen molar-refractivity contribution in [2.24, 2.45) is 11.5 Å². The van der Waals surface area contributed by atoms with Crippen molar-refractivity contribution in [3.05, 3.63) is 102 Å². The molecule has 184 valence electrons. The number of nitrogens with zero attached hydrogens (tertiary/aromatic N) is 1. The number of ether oxygens (including phenoxy) is 1. The molecule has 3 rings (SSSR count). The molecule has 5 N–H and O–H groups in total. The Morgan fingerprint density at radius 2 is 1.43 bits per heavy atom. The molecule has 0 radical (unpaired) electrons. The summed E-state index contributed by atoms with van der Waals surface area (Å²) >= 11 is 0. The minimum absolute atomic E-state index is 0.292. The van der Waals surface area contributed by atoms with Gasteiger partial charge in [-0.2, -0.15) is 0 Å². The third-order valence-corrected chi connectivity index (χ3v) is 6.12. The number of amides is 2. The van der Waals surface area contributed by atoms with Crippen molar-refractivity contribution in [2.75, 3.05) is 20.3 Å². The predicted octanol–water partition coefficient (Wildman–Crippen LogP) is 2.98. The number of hydrogen-bond donors (Lipinski definition) is 3. The number of methoxy groups -OCH3 is 1. The Hall–Kier alpha value is -3.68. The maximum Gasteiger partial charge on any atom is 0.240 e. The van der Waals surface area contributed by atoms with Crippen LogP contribution >= 0.6 is 0 Å². The van der Waals surface area contributed by atoms with E-state index in [0.29, 0.717) is 30.7 Å². The second-order valence-corrected chi connectivity index (χ2v) is 8.32. The molecule has 2 amide bonds. The average molecular weight is 476 g/mol. The maximum atomic E-state index is 14.4. The van der Waals surface area contributed by atoms with Crippen LogP contribution < -0.4 is 16.2 Å². The topological polar surface area (TPSA) is 119 Å². The fourth-order valence-corrected chi connectivity index (χ4v) is 4.35. The Labute approximate surface area is 206 Å². The molecule has 0 saturated carbocycles. The molecule has 2 atom stereocenters. The van der Waals surface area contributed by atoms with Gasteiger partial charge in [0.05, 0.1) is 25.7 Å². The van der Waals surface area contributed by atoms with E-state index >= 15 is 0 Å². The number of nitrogens with two attached hydrogens (primary N) is 2. The van der Waals surface area contributed by atoms with Crippen molar-refractivity contribution in [3.63, 3.8) is 0 Å². The fourth-order valence-electron chi connectivity index (χ4n) is 4.35. The molecule has 7 nitrogen and oxygen atoms in total. The quantitative estimate of drug-likeness (QED) is 0.372. The second kappa shape index (κ2) is 12.7. The van der Waals surface area contributed by atoms with E-state index in [-0.39, 0.29) is 12.5 Å². The van der Waals surface area contributed by atoms with Crippen LogP contribution in [0.5, 0.6) is 5.75 Å². The highest BCUT2D eigenvalue weighted by Crippen LogP contribution is 2.34. The Bertz CT molecular complexity index is 1030. The van der Waals surface area contributed by atoms with E-state index in [0.717, 1.165) is 11.1 Å². The van der Waals surface area contributed by atoms with Gasteiger partial charge in [-0.25, -0.2) is 0 Å². The number of hydrogen-bond acceptors (Lipinski definition) is 5. The van der Waals surface area contributed by atoms with Crippen LogP contribution in [0.15, 0.2) is 84.9 Å². The summed E-state index contributed by atoms with van der Waals surface area (Å²) in [5, 5.41) is 10.5. The SMILES string of the molecule is COc1ccc([C@@H](CO)N(C(=O)C(c2ccccc2)c2ccccc2)[C@H](CCCN)C(N)=O)cc1. The molecule has 0 spiro atoms. The first-order valence-electron chi connectivity index (χ1n) is 11.7. The molecule has 0 heterocycles. The number of rotatable bonds is 12. The van der Waals surface area contributed by atoms with E-state index in [1.807, 2.05) is 60.7 Å². The van der Waals surface area contributed by atoms with Crippen LogP contribution in [0, 0.1) is 0 Å². The fraction of sp³-hybridized carbons (Fsp3) is 0.286. The Morgan fingerprint density at radius 3 is 1.86 bits per heavy atom. The zero-order valence-corrected chi connectivity index (χ0v) is 19.9. The molecular weight excluding hydrogens is 442 g/mol. The summed E-state index contributed by atoms with van der Waals surface area (Å²) in [5.74, 6) is -1.01. The monoisotopic (exact) mass is 475 g/mol. The molecule has 0 aliphatic carbocycles. The first-order valence-corrected chi connectivity index (χ1v) is 11.7. The lowest BCUT2D eigenvalue weighted by Crippen LogP contribution is -2.52. The van der Waals surface area contributed by atoms with Crippen LogP contribution in [-0.4, -0.2) is 48.1 Å². The van der Waals surface area contributed by atoms with Crippen LogP contribution in [0.3, 0.4) is 0 Å². The molecule has 0 unspecified atom stereocenters. The Balaban J connectivity index is 2.16. The molecule has 0 fully saturated rings. The zero-order chi connectivity index (χ0) is 25.2. The summed E-state index contributed by atoms with van der Waals surface area (Å²) in [7, 11) is 1.56. The van der Waals surface area contributed by atoms with Crippen molar-refractivity contribution in [1.29, 1.82) is 0 Å². The third kappa shape index (κ3) is 6.26. The van der Waals surface area contributed by atoms with Gasteiger partial charge in [-0.1, -0.05) is 72.8 Å². The lowest BCUT2D eigenvalue weighted by atomic mass is 9.88. The zero-order valence-electron chi connectivity index (χ0n) is 19.9. The molecule has 7 heteroatoms. The highest BCUT2D eigenvalue weighted by molar-refractivity contribution is 5.92. The first-order chi connectivity index (χ1) is 17.0. The molecule has 3 aromatic carbocycles. The molecule has 0 aromatic heterocycles. The summed E-state index contributed by atoms with van der Waals surface area (Å²) in [4.78, 5) is 28.5. The van der Waals surface area contributed by atoms with Gasteiger partial charge in [0.1, 0.15) is 11.8 Å². The average Bonchev–Trinajstić information content (AvgIpc) is 2.89. The van der Waals surface area contributed by atoms with E-state index in [4.69, 9.17) is 16.2 Å². The van der Waals surface area contributed by atoms with E-state index in [1.54, 1.807) is 31.4 Å². The summed E-state index contributed by atoms with van der Waals surface area (Å²) in [6.07, 6.45) is 0.792. The molecular formula is C28H33N3O4. The number of carbonyl (C=O) groups is 2. The van der Waals surface area contributed by atoms with Gasteiger partial charge < -0.3 is 26.2 Å². The van der Waals surface area contributed by atoms with E-state index < -0.39 is 23.9 Å². The van der Waals surface area contributed by atoms with Gasteiger partial charge in [-0.15, -0.1) is 0 Å². The van der Waals surface area contributed by atoms with E-state index in [1.165, 1.54) is 4.90 Å². The largest absolute Gasteiger partial charge is 0.497 e. The van der Waals surface area contributed by atoms with E-state index in [9.17, 15) is 14.7 Å². The van der Waals surface area contributed by atoms with Crippen LogP contribution in [-0.2, 0) is 9.59 Å². The van der Waals surface area contributed by atoms with Crippen molar-refractivity contribution >= 4 is 11.8 Å². The predicted molar refractivity (Wildman–Crippen MR) is 136 cm³/mol. The summed E-state index contributed by atoms with van der Waals surface area (Å²) in [6, 6.07) is 24.1. The van der Waals surface area contributed by atoms with Gasteiger partial charge in [-0.05, 0) is 48.2 Å². The number of carbonyl (C=O) groups excluding carboxylic acids is 2. The van der Waals surface area contributed by atoms with Gasteiger partial charge in [-0.3, -0.25) is 9.59 Å². The van der Waals surface area contributed by atoms with Crippen LogP contribution in [0.1, 0.15) is 41.5 Å². The van der Waals surface area contributed by atoms with E-state index in [2.05, 4.69) is 0 Å². The van der Waals surface area contributed by atoms with Crippen molar-refractivity contribution < 1.29 is 19.4 Å². The Morgan fingerprint density at radius 1 is 0.886 bits per heavy atom. The minimum Gasteiger partial charge on any atom is -0.497 e. The number of primary amides is 1.